The zero-order valence-electron chi connectivity index (χ0n) is 11.9. The molecule has 0 spiro atoms. The lowest BCUT2D eigenvalue weighted by atomic mass is 10.0. The normalized spacial score (nSPS) is 22.2. The average Bonchev–Trinajstić information content (AvgIpc) is 2.79. The number of likely N-dealkylation sites (tertiary alicyclic amines) is 1. The molecule has 1 saturated heterocycles. The second kappa shape index (κ2) is 6.67. The van der Waals surface area contributed by atoms with Crippen LogP contribution in [0, 0.1) is 11.7 Å². The summed E-state index contributed by atoms with van der Waals surface area (Å²) >= 11 is 0. The van der Waals surface area contributed by atoms with Gasteiger partial charge in [0.05, 0.1) is 6.54 Å². The molecule has 1 aliphatic rings. The lowest BCUT2D eigenvalue weighted by Crippen LogP contribution is -2.44. The Labute approximate surface area is 122 Å². The number of hydrogen-bond donors (Lipinski definition) is 2. The minimum Gasteiger partial charge on any atom is -0.480 e. The highest BCUT2D eigenvalue weighted by molar-refractivity contribution is 5.80. The molecule has 1 aromatic rings. The maximum atomic E-state index is 12.8. The number of nitrogens with zero attached hydrogens (tertiary/aromatic N) is 1. The van der Waals surface area contributed by atoms with Gasteiger partial charge in [-0.15, -0.1) is 0 Å². The first-order valence-corrected chi connectivity index (χ1v) is 6.95. The molecule has 114 valence electrons. The SMILES string of the molecule is CC1CCN(CC(=O)NCc2ccc(F)cc2)C1C(=O)O. The third-order valence-electron chi connectivity index (χ3n) is 3.81. The van der Waals surface area contributed by atoms with Crippen LogP contribution in [-0.4, -0.2) is 41.0 Å². The number of carboxylic acids is 1. The predicted octanol–water partition coefficient (Wildman–Crippen LogP) is 1.24. The van der Waals surface area contributed by atoms with Crippen molar-refractivity contribution in [3.05, 3.63) is 35.6 Å². The van der Waals surface area contributed by atoms with Crippen molar-refractivity contribution in [2.75, 3.05) is 13.1 Å². The van der Waals surface area contributed by atoms with Gasteiger partial charge in [0.1, 0.15) is 11.9 Å². The lowest BCUT2D eigenvalue weighted by Gasteiger charge is -2.22. The minimum absolute atomic E-state index is 0.0485. The highest BCUT2D eigenvalue weighted by atomic mass is 19.1. The molecule has 2 N–H and O–H groups in total. The van der Waals surface area contributed by atoms with E-state index in [1.165, 1.54) is 12.1 Å². The van der Waals surface area contributed by atoms with Gasteiger partial charge in [-0.3, -0.25) is 14.5 Å². The number of carboxylic acid groups (broad SMARTS) is 1. The van der Waals surface area contributed by atoms with Crippen molar-refractivity contribution >= 4 is 11.9 Å². The number of carbonyl (C=O) groups excluding carboxylic acids is 1. The van der Waals surface area contributed by atoms with Gasteiger partial charge in [-0.05, 0) is 36.6 Å². The molecule has 1 amide bonds. The molecule has 1 heterocycles. The topological polar surface area (TPSA) is 69.6 Å². The van der Waals surface area contributed by atoms with Crippen LogP contribution < -0.4 is 5.32 Å². The monoisotopic (exact) mass is 294 g/mol. The molecule has 2 unspecified atom stereocenters. The van der Waals surface area contributed by atoms with Crippen LogP contribution in [0.2, 0.25) is 0 Å². The van der Waals surface area contributed by atoms with Crippen molar-refractivity contribution in [1.29, 1.82) is 0 Å². The predicted molar refractivity (Wildman–Crippen MR) is 75.0 cm³/mol. The minimum atomic E-state index is -0.883. The van der Waals surface area contributed by atoms with E-state index in [0.717, 1.165) is 12.0 Å². The van der Waals surface area contributed by atoms with Gasteiger partial charge in [-0.2, -0.15) is 0 Å². The van der Waals surface area contributed by atoms with Crippen LogP contribution in [0.4, 0.5) is 4.39 Å². The molecule has 2 atom stereocenters. The molecule has 0 aromatic heterocycles. The summed E-state index contributed by atoms with van der Waals surface area (Å²) in [5.74, 6) is -1.38. The molecule has 0 radical (unpaired) electrons. The Balaban J connectivity index is 1.84. The van der Waals surface area contributed by atoms with Crippen LogP contribution in [0.3, 0.4) is 0 Å². The molecule has 1 aromatic carbocycles. The van der Waals surface area contributed by atoms with Gasteiger partial charge in [0.2, 0.25) is 5.91 Å². The van der Waals surface area contributed by atoms with Gasteiger partial charge >= 0.3 is 5.97 Å². The van der Waals surface area contributed by atoms with E-state index in [1.54, 1.807) is 17.0 Å². The summed E-state index contributed by atoms with van der Waals surface area (Å²) in [4.78, 5) is 24.8. The summed E-state index contributed by atoms with van der Waals surface area (Å²) in [6.45, 7) is 2.88. The Hall–Kier alpha value is -1.95. The fourth-order valence-electron chi connectivity index (χ4n) is 2.65. The largest absolute Gasteiger partial charge is 0.480 e. The number of aliphatic carboxylic acids is 1. The van der Waals surface area contributed by atoms with Crippen LogP contribution in [0.1, 0.15) is 18.9 Å². The van der Waals surface area contributed by atoms with Crippen LogP contribution in [-0.2, 0) is 16.1 Å². The average molecular weight is 294 g/mol. The second-order valence-electron chi connectivity index (χ2n) is 5.42. The molecular weight excluding hydrogens is 275 g/mol. The van der Waals surface area contributed by atoms with Crippen molar-refractivity contribution in [3.63, 3.8) is 0 Å². The van der Waals surface area contributed by atoms with Crippen LogP contribution >= 0.6 is 0 Å². The van der Waals surface area contributed by atoms with Crippen molar-refractivity contribution in [2.24, 2.45) is 5.92 Å². The number of halogens is 1. The van der Waals surface area contributed by atoms with Crippen molar-refractivity contribution < 1.29 is 19.1 Å². The molecule has 0 saturated carbocycles. The molecule has 1 aliphatic heterocycles. The van der Waals surface area contributed by atoms with Crippen LogP contribution in [0.15, 0.2) is 24.3 Å². The summed E-state index contributed by atoms with van der Waals surface area (Å²) in [5, 5.41) is 11.9. The summed E-state index contributed by atoms with van der Waals surface area (Å²) < 4.78 is 12.8. The zero-order valence-corrected chi connectivity index (χ0v) is 11.9. The first-order valence-electron chi connectivity index (χ1n) is 6.95. The molecule has 2 rings (SSSR count). The van der Waals surface area contributed by atoms with Crippen molar-refractivity contribution in [3.8, 4) is 0 Å². The third-order valence-corrected chi connectivity index (χ3v) is 3.81. The van der Waals surface area contributed by atoms with Gasteiger partial charge in [0.15, 0.2) is 0 Å². The van der Waals surface area contributed by atoms with Gasteiger partial charge in [-0.25, -0.2) is 4.39 Å². The molecule has 0 bridgehead atoms. The van der Waals surface area contributed by atoms with E-state index in [2.05, 4.69) is 5.32 Å². The van der Waals surface area contributed by atoms with Crippen molar-refractivity contribution in [1.82, 2.24) is 10.2 Å². The van der Waals surface area contributed by atoms with E-state index >= 15 is 0 Å². The van der Waals surface area contributed by atoms with Gasteiger partial charge < -0.3 is 10.4 Å². The zero-order chi connectivity index (χ0) is 15.4. The second-order valence-corrected chi connectivity index (χ2v) is 5.42. The number of nitrogens with one attached hydrogen (secondary N) is 1. The number of benzene rings is 1. The smallest absolute Gasteiger partial charge is 0.321 e. The Bertz CT molecular complexity index is 518. The molecule has 0 aliphatic carbocycles. The lowest BCUT2D eigenvalue weighted by molar-refractivity contribution is -0.143. The third kappa shape index (κ3) is 4.01. The van der Waals surface area contributed by atoms with Gasteiger partial charge in [0.25, 0.3) is 0 Å². The van der Waals surface area contributed by atoms with E-state index in [4.69, 9.17) is 0 Å². The van der Waals surface area contributed by atoms with E-state index < -0.39 is 12.0 Å². The van der Waals surface area contributed by atoms with E-state index in [9.17, 15) is 19.1 Å². The Morgan fingerprint density at radius 1 is 1.38 bits per heavy atom. The molecular formula is C15H19FN2O3. The quantitative estimate of drug-likeness (QED) is 0.857. The van der Waals surface area contributed by atoms with E-state index in [1.807, 2.05) is 6.92 Å². The fourth-order valence-corrected chi connectivity index (χ4v) is 2.65. The fraction of sp³-hybridized carbons (Fsp3) is 0.467. The summed E-state index contributed by atoms with van der Waals surface area (Å²) in [6, 6.07) is 5.29. The van der Waals surface area contributed by atoms with Gasteiger partial charge in [-0.1, -0.05) is 19.1 Å². The highest BCUT2D eigenvalue weighted by Crippen LogP contribution is 2.23. The maximum Gasteiger partial charge on any atom is 0.321 e. The highest BCUT2D eigenvalue weighted by Gasteiger charge is 2.37. The van der Waals surface area contributed by atoms with E-state index in [-0.39, 0.29) is 24.2 Å². The summed E-state index contributed by atoms with van der Waals surface area (Å²) in [6.07, 6.45) is 0.780. The Kier molecular flexibility index (Phi) is 4.90. The summed E-state index contributed by atoms with van der Waals surface area (Å²) in [7, 11) is 0. The van der Waals surface area contributed by atoms with Crippen molar-refractivity contribution in [2.45, 2.75) is 25.9 Å². The Morgan fingerprint density at radius 2 is 2.05 bits per heavy atom. The number of rotatable bonds is 5. The molecule has 1 fully saturated rings. The Morgan fingerprint density at radius 3 is 2.67 bits per heavy atom. The number of carbonyl (C=O) groups is 2. The first kappa shape index (κ1) is 15.4. The van der Waals surface area contributed by atoms with Crippen LogP contribution in [0.5, 0.6) is 0 Å². The molecule has 21 heavy (non-hydrogen) atoms. The summed E-state index contributed by atoms with van der Waals surface area (Å²) in [5.41, 5.74) is 0.800. The number of hydrogen-bond acceptors (Lipinski definition) is 3. The van der Waals surface area contributed by atoms with Gasteiger partial charge in [0, 0.05) is 6.54 Å². The molecule has 5 nitrogen and oxygen atoms in total. The standard InChI is InChI=1S/C15H19FN2O3/c1-10-6-7-18(14(10)15(20)21)9-13(19)17-8-11-2-4-12(16)5-3-11/h2-5,10,14H,6-9H2,1H3,(H,17,19)(H,20,21). The maximum absolute atomic E-state index is 12.8. The van der Waals surface area contributed by atoms with Crippen LogP contribution in [0.25, 0.3) is 0 Å². The first-order chi connectivity index (χ1) is 9.97. The van der Waals surface area contributed by atoms with E-state index in [0.29, 0.717) is 13.1 Å². The molecule has 6 heteroatoms. The number of amides is 1.